The molecule has 0 atom stereocenters. The smallest absolute Gasteiger partial charge is 0.265 e. The zero-order valence-corrected chi connectivity index (χ0v) is 19.2. The van der Waals surface area contributed by atoms with Crippen LogP contribution in [0, 0.1) is 0 Å². The molecule has 1 aliphatic rings. The van der Waals surface area contributed by atoms with Crippen LogP contribution in [0.5, 0.6) is 0 Å². The van der Waals surface area contributed by atoms with Crippen LogP contribution >= 0.6 is 11.8 Å². The third kappa shape index (κ3) is 6.45. The van der Waals surface area contributed by atoms with Crippen molar-refractivity contribution in [2.45, 2.75) is 44.6 Å². The number of carbonyl (C=O) groups is 2. The first kappa shape index (κ1) is 23.1. The van der Waals surface area contributed by atoms with Crippen LogP contribution < -0.4 is 10.2 Å². The van der Waals surface area contributed by atoms with Gasteiger partial charge in [0, 0.05) is 18.0 Å². The van der Waals surface area contributed by atoms with E-state index < -0.39 is 0 Å². The molecular formula is C25H30N2O3S. The first-order valence-electron chi connectivity index (χ1n) is 10.8. The Morgan fingerprint density at radius 1 is 1.16 bits per heavy atom. The molecule has 0 spiro atoms. The number of nitrogens with one attached hydrogen (secondary N) is 1. The van der Waals surface area contributed by atoms with Crippen molar-refractivity contribution in [2.24, 2.45) is 0 Å². The number of fused-ring (bicyclic) bond motifs is 1. The number of nitrogens with zero attached hydrogens (tertiary/aromatic N) is 1. The summed E-state index contributed by atoms with van der Waals surface area (Å²) in [6, 6.07) is 15.9. The number of anilines is 1. The molecule has 0 aliphatic carbocycles. The third-order valence-electron chi connectivity index (χ3n) is 4.91. The molecule has 1 N–H and O–H groups in total. The normalized spacial score (nSPS) is 14.8. The van der Waals surface area contributed by atoms with Gasteiger partial charge in [0.2, 0.25) is 5.91 Å². The van der Waals surface area contributed by atoms with E-state index in [2.05, 4.69) is 24.4 Å². The molecule has 6 heteroatoms. The predicted octanol–water partition coefficient (Wildman–Crippen LogP) is 4.66. The summed E-state index contributed by atoms with van der Waals surface area (Å²) >= 11 is 1.45. The second-order valence-electron chi connectivity index (χ2n) is 7.69. The average molecular weight is 439 g/mol. The Labute approximate surface area is 188 Å². The molecule has 1 aliphatic heterocycles. The van der Waals surface area contributed by atoms with Crippen molar-refractivity contribution in [1.29, 1.82) is 0 Å². The molecule has 0 unspecified atom stereocenters. The number of hydrogen-bond acceptors (Lipinski definition) is 4. The summed E-state index contributed by atoms with van der Waals surface area (Å²) < 4.78 is 5.50. The van der Waals surface area contributed by atoms with Gasteiger partial charge in [0.15, 0.2) is 0 Å². The van der Waals surface area contributed by atoms with E-state index in [1.54, 1.807) is 4.90 Å². The van der Waals surface area contributed by atoms with Crippen molar-refractivity contribution in [3.63, 3.8) is 0 Å². The molecule has 2 aromatic rings. The van der Waals surface area contributed by atoms with Gasteiger partial charge in [-0.2, -0.15) is 0 Å². The Bertz CT molecular complexity index is 938. The molecule has 2 aromatic carbocycles. The fraction of sp³-hybridized carbons (Fsp3) is 0.360. The topological polar surface area (TPSA) is 58.6 Å². The second-order valence-corrected chi connectivity index (χ2v) is 8.77. The highest BCUT2D eigenvalue weighted by Crippen LogP contribution is 2.41. The van der Waals surface area contributed by atoms with E-state index in [0.717, 1.165) is 29.0 Å². The number of ether oxygens (including phenoxy) is 1. The average Bonchev–Trinajstić information content (AvgIpc) is 2.76. The number of thioether (sulfide) groups is 1. The van der Waals surface area contributed by atoms with Gasteiger partial charge in [-0.25, -0.2) is 0 Å². The molecule has 0 fully saturated rings. The zero-order valence-electron chi connectivity index (χ0n) is 18.4. The predicted molar refractivity (Wildman–Crippen MR) is 127 cm³/mol. The summed E-state index contributed by atoms with van der Waals surface area (Å²) in [5, 5.41) is 2.89. The summed E-state index contributed by atoms with van der Waals surface area (Å²) in [6.07, 6.45) is 3.79. The van der Waals surface area contributed by atoms with Crippen LogP contribution in [0.15, 0.2) is 58.3 Å². The standard InChI is InChI=1S/C25H30N2O3S/c1-4-19-10-12-20(13-11-19)16-23-25(29)27(21-8-5-6-9-22(21)31-23)17-24(28)26-14-7-15-30-18(2)3/h5-6,8-13,16,18H,4,7,14-15,17H2,1-3H3,(H,26,28)/b23-16+. The van der Waals surface area contributed by atoms with Crippen molar-refractivity contribution in [1.82, 2.24) is 5.32 Å². The Kier molecular flexibility index (Phi) is 8.32. The molecule has 164 valence electrons. The van der Waals surface area contributed by atoms with E-state index in [9.17, 15) is 9.59 Å². The summed E-state index contributed by atoms with van der Waals surface area (Å²) in [7, 11) is 0. The Balaban J connectivity index is 1.71. The van der Waals surface area contributed by atoms with Gasteiger partial charge in [-0.3, -0.25) is 14.5 Å². The van der Waals surface area contributed by atoms with Gasteiger partial charge in [-0.15, -0.1) is 0 Å². The Morgan fingerprint density at radius 2 is 1.90 bits per heavy atom. The van der Waals surface area contributed by atoms with Crippen molar-refractivity contribution in [3.8, 4) is 0 Å². The van der Waals surface area contributed by atoms with Crippen LogP contribution in [0.1, 0.15) is 38.3 Å². The van der Waals surface area contributed by atoms with Gasteiger partial charge < -0.3 is 10.1 Å². The van der Waals surface area contributed by atoms with Gasteiger partial charge in [-0.05, 0) is 56.0 Å². The highest BCUT2D eigenvalue weighted by Gasteiger charge is 2.30. The largest absolute Gasteiger partial charge is 0.379 e. The van der Waals surface area contributed by atoms with E-state index >= 15 is 0 Å². The molecule has 3 rings (SSSR count). The molecule has 0 bridgehead atoms. The van der Waals surface area contributed by atoms with Crippen LogP contribution in [-0.2, 0) is 20.7 Å². The van der Waals surface area contributed by atoms with E-state index in [1.807, 2.05) is 56.3 Å². The first-order valence-corrected chi connectivity index (χ1v) is 11.6. The minimum absolute atomic E-state index is 0.00639. The third-order valence-corrected chi connectivity index (χ3v) is 5.99. The lowest BCUT2D eigenvalue weighted by molar-refractivity contribution is -0.122. The van der Waals surface area contributed by atoms with Gasteiger partial charge in [0.25, 0.3) is 5.91 Å². The molecule has 0 saturated carbocycles. The molecule has 0 saturated heterocycles. The number of para-hydroxylation sites is 1. The molecule has 2 amide bonds. The maximum Gasteiger partial charge on any atom is 0.265 e. The number of carbonyl (C=O) groups excluding carboxylic acids is 2. The van der Waals surface area contributed by atoms with E-state index in [0.29, 0.717) is 18.1 Å². The zero-order chi connectivity index (χ0) is 22.2. The van der Waals surface area contributed by atoms with Gasteiger partial charge in [-0.1, -0.05) is 55.1 Å². The van der Waals surface area contributed by atoms with Gasteiger partial charge in [0.05, 0.1) is 16.7 Å². The van der Waals surface area contributed by atoms with Crippen molar-refractivity contribution in [3.05, 3.63) is 64.6 Å². The first-order chi connectivity index (χ1) is 15.0. The molecular weight excluding hydrogens is 408 g/mol. The van der Waals surface area contributed by atoms with Crippen molar-refractivity contribution < 1.29 is 14.3 Å². The molecule has 31 heavy (non-hydrogen) atoms. The van der Waals surface area contributed by atoms with Crippen molar-refractivity contribution in [2.75, 3.05) is 24.6 Å². The number of rotatable bonds is 9. The van der Waals surface area contributed by atoms with Crippen LogP contribution in [-0.4, -0.2) is 37.6 Å². The Hall–Kier alpha value is -2.57. The van der Waals surface area contributed by atoms with Gasteiger partial charge >= 0.3 is 0 Å². The summed E-state index contributed by atoms with van der Waals surface area (Å²) in [4.78, 5) is 28.9. The lowest BCUT2D eigenvalue weighted by Crippen LogP contribution is -2.43. The van der Waals surface area contributed by atoms with Crippen LogP contribution in [0.3, 0.4) is 0 Å². The number of hydrogen-bond donors (Lipinski definition) is 1. The van der Waals surface area contributed by atoms with Crippen LogP contribution in [0.4, 0.5) is 5.69 Å². The summed E-state index contributed by atoms with van der Waals surface area (Å²) in [6.45, 7) is 7.21. The lowest BCUT2D eigenvalue weighted by Gasteiger charge is -2.29. The fourth-order valence-corrected chi connectivity index (χ4v) is 4.30. The summed E-state index contributed by atoms with van der Waals surface area (Å²) in [5.74, 6) is -0.326. The minimum Gasteiger partial charge on any atom is -0.379 e. The fourth-order valence-electron chi connectivity index (χ4n) is 3.24. The van der Waals surface area contributed by atoms with Crippen LogP contribution in [0.2, 0.25) is 0 Å². The quantitative estimate of drug-likeness (QED) is 0.457. The summed E-state index contributed by atoms with van der Waals surface area (Å²) in [5.41, 5.74) is 3.00. The lowest BCUT2D eigenvalue weighted by atomic mass is 10.1. The van der Waals surface area contributed by atoms with Gasteiger partial charge in [0.1, 0.15) is 6.54 Å². The maximum absolute atomic E-state index is 13.2. The number of benzene rings is 2. The number of aryl methyl sites for hydroxylation is 1. The maximum atomic E-state index is 13.2. The van der Waals surface area contributed by atoms with Crippen LogP contribution in [0.25, 0.3) is 6.08 Å². The number of amides is 2. The molecule has 0 aromatic heterocycles. The van der Waals surface area contributed by atoms with E-state index in [1.165, 1.54) is 17.3 Å². The van der Waals surface area contributed by atoms with E-state index in [-0.39, 0.29) is 24.5 Å². The van der Waals surface area contributed by atoms with Crippen molar-refractivity contribution >= 4 is 35.3 Å². The highest BCUT2D eigenvalue weighted by atomic mass is 32.2. The SMILES string of the molecule is CCc1ccc(/C=C2/Sc3ccccc3N(CC(=O)NCCCOC(C)C)C2=O)cc1. The molecule has 5 nitrogen and oxygen atoms in total. The van der Waals surface area contributed by atoms with E-state index in [4.69, 9.17) is 4.74 Å². The molecule has 1 heterocycles. The monoisotopic (exact) mass is 438 g/mol. The minimum atomic E-state index is -0.175. The second kappa shape index (κ2) is 11.2. The highest BCUT2D eigenvalue weighted by molar-refractivity contribution is 8.04. The Morgan fingerprint density at radius 3 is 2.61 bits per heavy atom. The molecule has 0 radical (unpaired) electrons.